The molecule has 102 valence electrons. The number of halogens is 4. The van der Waals surface area contributed by atoms with Crippen LogP contribution in [0.1, 0.15) is 25.5 Å². The van der Waals surface area contributed by atoms with Crippen LogP contribution in [-0.2, 0) is 0 Å². The molecular weight excluding hydrogens is 250 g/mol. The minimum absolute atomic E-state index is 0.000162. The van der Waals surface area contributed by atoms with Crippen molar-refractivity contribution >= 4 is 5.69 Å². The zero-order chi connectivity index (χ0) is 13.9. The van der Waals surface area contributed by atoms with Crippen molar-refractivity contribution in [1.82, 2.24) is 0 Å². The topological polar surface area (TPSA) is 23.5 Å². The van der Waals surface area contributed by atoms with Crippen LogP contribution in [0, 0.1) is 5.82 Å². The normalized spacial score (nSPS) is 13.5. The van der Waals surface area contributed by atoms with E-state index >= 15 is 0 Å². The van der Waals surface area contributed by atoms with Gasteiger partial charge in [-0.1, -0.05) is 12.1 Å². The second kappa shape index (κ2) is 5.56. The Bertz CT molecular complexity index is 404. The number of aliphatic hydroxyl groups is 1. The fraction of sp³-hybridized carbons (Fsp3) is 0.500. The molecule has 0 spiro atoms. The molecule has 0 amide bonds. The molecule has 0 bridgehead atoms. The molecule has 6 heteroatoms. The summed E-state index contributed by atoms with van der Waals surface area (Å²) in [4.78, 5) is 0.872. The van der Waals surface area contributed by atoms with E-state index in [-0.39, 0.29) is 17.8 Å². The first-order valence-corrected chi connectivity index (χ1v) is 5.54. The highest BCUT2D eigenvalue weighted by Gasteiger charge is 2.32. The number of nitrogens with zero attached hydrogens (tertiary/aromatic N) is 1. The smallest absolute Gasteiger partial charge is 0.389 e. The van der Waals surface area contributed by atoms with Crippen molar-refractivity contribution < 1.29 is 22.7 Å². The molecular formula is C12H15F4NO. The van der Waals surface area contributed by atoms with Crippen LogP contribution >= 0.6 is 0 Å². The number of benzene rings is 1. The summed E-state index contributed by atoms with van der Waals surface area (Å²) in [6.07, 6.45) is -5.45. The van der Waals surface area contributed by atoms with Gasteiger partial charge in [-0.15, -0.1) is 0 Å². The summed E-state index contributed by atoms with van der Waals surface area (Å²) in [6, 6.07) is 3.87. The molecule has 0 heterocycles. The molecule has 1 rings (SSSR count). The molecule has 1 aromatic rings. The van der Waals surface area contributed by atoms with Gasteiger partial charge in [0, 0.05) is 12.1 Å². The van der Waals surface area contributed by atoms with E-state index in [1.54, 1.807) is 0 Å². The van der Waals surface area contributed by atoms with Gasteiger partial charge in [0.1, 0.15) is 12.4 Å². The van der Waals surface area contributed by atoms with Gasteiger partial charge in [-0.25, -0.2) is 4.39 Å². The minimum Gasteiger partial charge on any atom is -0.389 e. The van der Waals surface area contributed by atoms with Gasteiger partial charge in [0.05, 0.1) is 11.8 Å². The van der Waals surface area contributed by atoms with Gasteiger partial charge in [-0.2, -0.15) is 13.2 Å². The van der Waals surface area contributed by atoms with Crippen LogP contribution in [0.3, 0.4) is 0 Å². The minimum atomic E-state index is -4.42. The maximum Gasteiger partial charge on any atom is 0.405 e. The van der Waals surface area contributed by atoms with E-state index in [2.05, 4.69) is 0 Å². The number of para-hydroxylation sites is 1. The van der Waals surface area contributed by atoms with Gasteiger partial charge in [0.2, 0.25) is 0 Å². The predicted molar refractivity (Wildman–Crippen MR) is 61.0 cm³/mol. The number of hydrogen-bond donors (Lipinski definition) is 1. The number of anilines is 1. The van der Waals surface area contributed by atoms with Crippen molar-refractivity contribution in [1.29, 1.82) is 0 Å². The van der Waals surface area contributed by atoms with Gasteiger partial charge in [-0.3, -0.25) is 0 Å². The lowest BCUT2D eigenvalue weighted by Gasteiger charge is -2.27. The highest BCUT2D eigenvalue weighted by Crippen LogP contribution is 2.31. The number of hydrogen-bond acceptors (Lipinski definition) is 2. The molecule has 0 radical (unpaired) electrons. The summed E-state index contributed by atoms with van der Waals surface area (Å²) in [6.45, 7) is 1.65. The van der Waals surface area contributed by atoms with Gasteiger partial charge in [0.15, 0.2) is 0 Å². The lowest BCUT2D eigenvalue weighted by atomic mass is 10.1. The van der Waals surface area contributed by atoms with Crippen LogP contribution < -0.4 is 4.90 Å². The molecule has 0 saturated heterocycles. The third-order valence-electron chi connectivity index (χ3n) is 2.54. The van der Waals surface area contributed by atoms with Crippen LogP contribution in [0.25, 0.3) is 0 Å². The molecule has 2 nitrogen and oxygen atoms in total. The third-order valence-corrected chi connectivity index (χ3v) is 2.54. The molecule has 0 aliphatic heterocycles. The van der Waals surface area contributed by atoms with E-state index in [1.807, 2.05) is 0 Å². The summed E-state index contributed by atoms with van der Waals surface area (Å²) >= 11 is 0. The number of alkyl halides is 3. The van der Waals surface area contributed by atoms with Crippen LogP contribution in [0.2, 0.25) is 0 Å². The summed E-state index contributed by atoms with van der Waals surface area (Å²) in [5.41, 5.74) is -0.0339. The molecule has 0 aromatic heterocycles. The van der Waals surface area contributed by atoms with Crippen LogP contribution in [0.4, 0.5) is 23.2 Å². The Balaban J connectivity index is 3.19. The van der Waals surface area contributed by atoms with Gasteiger partial charge in [-0.05, 0) is 19.9 Å². The lowest BCUT2D eigenvalue weighted by Crippen LogP contribution is -2.35. The quantitative estimate of drug-likeness (QED) is 0.845. The fourth-order valence-electron chi connectivity index (χ4n) is 1.77. The van der Waals surface area contributed by atoms with Gasteiger partial charge in [0.25, 0.3) is 0 Å². The maximum atomic E-state index is 13.7. The maximum absolute atomic E-state index is 13.7. The Hall–Kier alpha value is -1.30. The number of aliphatic hydroxyl groups excluding tert-OH is 1. The van der Waals surface area contributed by atoms with Gasteiger partial charge < -0.3 is 10.0 Å². The SMILES string of the molecule is CCN(CC(F)(F)F)c1c(F)cccc1C(C)O. The first kappa shape index (κ1) is 14.8. The Kier molecular flexibility index (Phi) is 4.56. The summed E-state index contributed by atoms with van der Waals surface area (Å²) < 4.78 is 51.0. The first-order chi connectivity index (χ1) is 8.26. The van der Waals surface area contributed by atoms with Crippen LogP contribution in [0.15, 0.2) is 18.2 Å². The fourth-order valence-corrected chi connectivity index (χ4v) is 1.77. The zero-order valence-electron chi connectivity index (χ0n) is 10.1. The second-order valence-electron chi connectivity index (χ2n) is 3.98. The molecule has 1 atom stereocenters. The Labute approximate surface area is 103 Å². The average Bonchev–Trinajstić information content (AvgIpc) is 2.24. The van der Waals surface area contributed by atoms with E-state index in [1.165, 1.54) is 26.0 Å². The largest absolute Gasteiger partial charge is 0.405 e. The standard InChI is InChI=1S/C12H15F4NO/c1-3-17(7-12(14,15)16)11-9(8(2)18)5-4-6-10(11)13/h4-6,8,18H,3,7H2,1-2H3. The first-order valence-electron chi connectivity index (χ1n) is 5.54. The molecule has 0 aliphatic rings. The third kappa shape index (κ3) is 3.60. The van der Waals surface area contributed by atoms with Crippen molar-refractivity contribution in [2.24, 2.45) is 0 Å². The second-order valence-corrected chi connectivity index (χ2v) is 3.98. The summed E-state index contributed by atoms with van der Waals surface area (Å²) in [5.74, 6) is -0.764. The molecule has 0 fully saturated rings. The Morgan fingerprint density at radius 1 is 1.33 bits per heavy atom. The molecule has 0 aliphatic carbocycles. The van der Waals surface area contributed by atoms with Crippen molar-refractivity contribution in [2.45, 2.75) is 26.1 Å². The Morgan fingerprint density at radius 2 is 1.94 bits per heavy atom. The van der Waals surface area contributed by atoms with Crippen molar-refractivity contribution in [3.05, 3.63) is 29.6 Å². The van der Waals surface area contributed by atoms with E-state index in [9.17, 15) is 22.7 Å². The monoisotopic (exact) mass is 265 g/mol. The molecule has 1 aromatic carbocycles. The Morgan fingerprint density at radius 3 is 2.39 bits per heavy atom. The van der Waals surface area contributed by atoms with Crippen LogP contribution in [-0.4, -0.2) is 24.4 Å². The number of rotatable bonds is 4. The van der Waals surface area contributed by atoms with Crippen LogP contribution in [0.5, 0.6) is 0 Å². The van der Waals surface area contributed by atoms with E-state index in [0.29, 0.717) is 0 Å². The lowest BCUT2D eigenvalue weighted by molar-refractivity contribution is -0.119. The summed E-state index contributed by atoms with van der Waals surface area (Å²) in [7, 11) is 0. The van der Waals surface area contributed by atoms with Gasteiger partial charge >= 0.3 is 6.18 Å². The highest BCUT2D eigenvalue weighted by atomic mass is 19.4. The van der Waals surface area contributed by atoms with E-state index in [0.717, 1.165) is 11.0 Å². The molecule has 0 saturated carbocycles. The van der Waals surface area contributed by atoms with Crippen molar-refractivity contribution in [3.63, 3.8) is 0 Å². The average molecular weight is 265 g/mol. The summed E-state index contributed by atoms with van der Waals surface area (Å²) in [5, 5.41) is 9.50. The molecule has 1 N–H and O–H groups in total. The van der Waals surface area contributed by atoms with E-state index in [4.69, 9.17) is 0 Å². The van der Waals surface area contributed by atoms with Crippen molar-refractivity contribution in [2.75, 3.05) is 18.0 Å². The highest BCUT2D eigenvalue weighted by molar-refractivity contribution is 5.55. The van der Waals surface area contributed by atoms with E-state index < -0.39 is 24.6 Å². The molecule has 18 heavy (non-hydrogen) atoms. The molecule has 1 unspecified atom stereocenters. The predicted octanol–water partition coefficient (Wildman–Crippen LogP) is 3.27. The zero-order valence-corrected chi connectivity index (χ0v) is 10.1. The van der Waals surface area contributed by atoms with Crippen molar-refractivity contribution in [3.8, 4) is 0 Å².